The molecular formula is C16H24N2O3. The zero-order valence-corrected chi connectivity index (χ0v) is 12.8. The Hall–Kier alpha value is -1.75. The third kappa shape index (κ3) is 4.11. The summed E-state index contributed by atoms with van der Waals surface area (Å²) in [5.74, 6) is 0.631. The maximum absolute atomic E-state index is 12.6. The molecule has 1 heterocycles. The highest BCUT2D eigenvalue weighted by molar-refractivity contribution is 5.95. The van der Waals surface area contributed by atoms with Crippen LogP contribution in [0.4, 0.5) is 5.69 Å². The Morgan fingerprint density at radius 1 is 1.33 bits per heavy atom. The number of benzene rings is 1. The van der Waals surface area contributed by atoms with Gasteiger partial charge in [0.1, 0.15) is 5.75 Å². The Kier molecular flexibility index (Phi) is 5.44. The molecule has 0 aliphatic carbocycles. The molecule has 1 aliphatic heterocycles. The Bertz CT molecular complexity index is 488. The molecule has 1 amide bonds. The van der Waals surface area contributed by atoms with Crippen LogP contribution in [0.5, 0.6) is 5.75 Å². The van der Waals surface area contributed by atoms with E-state index < -0.39 is 0 Å². The molecule has 1 fully saturated rings. The zero-order chi connectivity index (χ0) is 15.2. The van der Waals surface area contributed by atoms with Crippen LogP contribution >= 0.6 is 0 Å². The summed E-state index contributed by atoms with van der Waals surface area (Å²) in [7, 11) is 0. The van der Waals surface area contributed by atoms with E-state index in [9.17, 15) is 4.79 Å². The van der Waals surface area contributed by atoms with Crippen molar-refractivity contribution in [1.29, 1.82) is 0 Å². The first-order valence-corrected chi connectivity index (χ1v) is 7.58. The third-order valence-electron chi connectivity index (χ3n) is 3.55. The number of piperidine rings is 1. The number of likely N-dealkylation sites (tertiary alicyclic amines) is 1. The number of hydrogen-bond donors (Lipinski definition) is 1. The number of hydrogen-bond acceptors (Lipinski definition) is 4. The Morgan fingerprint density at radius 2 is 2.14 bits per heavy atom. The fourth-order valence-electron chi connectivity index (χ4n) is 2.67. The second kappa shape index (κ2) is 7.31. The van der Waals surface area contributed by atoms with Crippen molar-refractivity contribution < 1.29 is 14.3 Å². The number of carbonyl (C=O) groups is 1. The molecule has 5 heteroatoms. The molecule has 116 valence electrons. The summed E-state index contributed by atoms with van der Waals surface area (Å²) >= 11 is 0. The lowest BCUT2D eigenvalue weighted by atomic mass is 10.1. The largest absolute Gasteiger partial charge is 0.494 e. The molecule has 2 N–H and O–H groups in total. The zero-order valence-electron chi connectivity index (χ0n) is 12.8. The van der Waals surface area contributed by atoms with E-state index in [1.54, 1.807) is 18.2 Å². The van der Waals surface area contributed by atoms with Crippen molar-refractivity contribution in [2.45, 2.75) is 32.8 Å². The highest BCUT2D eigenvalue weighted by atomic mass is 16.5. The van der Waals surface area contributed by atoms with Crippen molar-refractivity contribution >= 4 is 11.6 Å². The SMILES string of the molecule is CCOc1cc(N)cc(C(=O)N2CCCC(OCC)C2)c1. The van der Waals surface area contributed by atoms with Gasteiger partial charge in [-0.1, -0.05) is 0 Å². The van der Waals surface area contributed by atoms with Crippen LogP contribution in [0.25, 0.3) is 0 Å². The van der Waals surface area contributed by atoms with Gasteiger partial charge >= 0.3 is 0 Å². The summed E-state index contributed by atoms with van der Waals surface area (Å²) in [4.78, 5) is 14.5. The average Bonchev–Trinajstić information content (AvgIpc) is 2.47. The van der Waals surface area contributed by atoms with Crippen molar-refractivity contribution in [1.82, 2.24) is 4.90 Å². The first kappa shape index (κ1) is 15.6. The van der Waals surface area contributed by atoms with E-state index in [-0.39, 0.29) is 12.0 Å². The van der Waals surface area contributed by atoms with Crippen molar-refractivity contribution in [3.63, 3.8) is 0 Å². The van der Waals surface area contributed by atoms with Gasteiger partial charge in [0.2, 0.25) is 0 Å². The van der Waals surface area contributed by atoms with Gasteiger partial charge in [-0.15, -0.1) is 0 Å². The first-order chi connectivity index (χ1) is 10.1. The lowest BCUT2D eigenvalue weighted by molar-refractivity contribution is 0.00723. The van der Waals surface area contributed by atoms with Gasteiger partial charge in [-0.3, -0.25) is 4.79 Å². The summed E-state index contributed by atoms with van der Waals surface area (Å²) < 4.78 is 11.1. The molecule has 1 aromatic carbocycles. The number of rotatable bonds is 5. The van der Waals surface area contributed by atoms with Gasteiger partial charge in [-0.05, 0) is 38.8 Å². The summed E-state index contributed by atoms with van der Waals surface area (Å²) in [5, 5.41) is 0. The highest BCUT2D eigenvalue weighted by Gasteiger charge is 2.25. The number of nitrogens with two attached hydrogens (primary N) is 1. The van der Waals surface area contributed by atoms with Crippen LogP contribution < -0.4 is 10.5 Å². The molecule has 1 aliphatic rings. The molecule has 0 spiro atoms. The molecule has 0 bridgehead atoms. The fraction of sp³-hybridized carbons (Fsp3) is 0.562. The minimum absolute atomic E-state index is 0.00680. The van der Waals surface area contributed by atoms with Crippen LogP contribution in [0.2, 0.25) is 0 Å². The number of carbonyl (C=O) groups excluding carboxylic acids is 1. The first-order valence-electron chi connectivity index (χ1n) is 7.58. The third-order valence-corrected chi connectivity index (χ3v) is 3.55. The number of nitrogens with zero attached hydrogens (tertiary/aromatic N) is 1. The molecule has 1 atom stereocenters. The lowest BCUT2D eigenvalue weighted by Crippen LogP contribution is -2.43. The van der Waals surface area contributed by atoms with Crippen LogP contribution in [-0.2, 0) is 4.74 Å². The topological polar surface area (TPSA) is 64.8 Å². The van der Waals surface area contributed by atoms with E-state index in [0.29, 0.717) is 36.8 Å². The van der Waals surface area contributed by atoms with E-state index in [0.717, 1.165) is 19.4 Å². The van der Waals surface area contributed by atoms with Crippen molar-refractivity contribution in [3.8, 4) is 5.75 Å². The molecule has 0 radical (unpaired) electrons. The summed E-state index contributed by atoms with van der Waals surface area (Å²) in [5.41, 5.74) is 6.98. The quantitative estimate of drug-likeness (QED) is 0.846. The minimum atomic E-state index is -0.00680. The molecule has 1 saturated heterocycles. The Balaban J connectivity index is 2.11. The maximum atomic E-state index is 12.6. The number of anilines is 1. The minimum Gasteiger partial charge on any atom is -0.494 e. The van der Waals surface area contributed by atoms with E-state index in [1.165, 1.54) is 0 Å². The standard InChI is InChI=1S/C16H24N2O3/c1-3-20-14-6-5-7-18(11-14)16(19)12-8-13(17)10-15(9-12)21-4-2/h8-10,14H,3-7,11,17H2,1-2H3. The average molecular weight is 292 g/mol. The predicted molar refractivity (Wildman–Crippen MR) is 82.6 cm³/mol. The van der Waals surface area contributed by atoms with E-state index in [4.69, 9.17) is 15.2 Å². The summed E-state index contributed by atoms with van der Waals surface area (Å²) in [6, 6.07) is 5.20. The van der Waals surface area contributed by atoms with Gasteiger partial charge in [0.25, 0.3) is 5.91 Å². The van der Waals surface area contributed by atoms with E-state index in [1.807, 2.05) is 18.7 Å². The molecule has 21 heavy (non-hydrogen) atoms. The van der Waals surface area contributed by atoms with Crippen LogP contribution in [0, 0.1) is 0 Å². The lowest BCUT2D eigenvalue weighted by Gasteiger charge is -2.32. The van der Waals surface area contributed by atoms with Crippen LogP contribution in [0.1, 0.15) is 37.0 Å². The van der Waals surface area contributed by atoms with Crippen LogP contribution in [-0.4, -0.2) is 43.2 Å². The van der Waals surface area contributed by atoms with Crippen LogP contribution in [0.15, 0.2) is 18.2 Å². The molecule has 5 nitrogen and oxygen atoms in total. The van der Waals surface area contributed by atoms with E-state index in [2.05, 4.69) is 0 Å². The van der Waals surface area contributed by atoms with Gasteiger partial charge in [-0.25, -0.2) is 0 Å². The molecule has 2 rings (SSSR count). The molecule has 0 saturated carbocycles. The molecule has 0 aromatic heterocycles. The number of ether oxygens (including phenoxy) is 2. The molecular weight excluding hydrogens is 268 g/mol. The van der Waals surface area contributed by atoms with Crippen molar-refractivity contribution in [3.05, 3.63) is 23.8 Å². The van der Waals surface area contributed by atoms with Gasteiger partial charge < -0.3 is 20.1 Å². The number of nitrogen functional groups attached to an aromatic ring is 1. The normalized spacial score (nSPS) is 18.6. The van der Waals surface area contributed by atoms with Gasteiger partial charge in [0, 0.05) is 37.0 Å². The fourth-order valence-corrected chi connectivity index (χ4v) is 2.67. The predicted octanol–water partition coefficient (Wildman–Crippen LogP) is 2.31. The monoisotopic (exact) mass is 292 g/mol. The Morgan fingerprint density at radius 3 is 2.86 bits per heavy atom. The Labute approximate surface area is 126 Å². The molecule has 1 unspecified atom stereocenters. The van der Waals surface area contributed by atoms with Crippen LogP contribution in [0.3, 0.4) is 0 Å². The van der Waals surface area contributed by atoms with Gasteiger partial charge in [0.15, 0.2) is 0 Å². The number of amides is 1. The van der Waals surface area contributed by atoms with Gasteiger partial charge in [-0.2, -0.15) is 0 Å². The summed E-state index contributed by atoms with van der Waals surface area (Å²) in [6.07, 6.45) is 2.12. The van der Waals surface area contributed by atoms with Crippen molar-refractivity contribution in [2.75, 3.05) is 32.0 Å². The second-order valence-corrected chi connectivity index (χ2v) is 5.19. The van der Waals surface area contributed by atoms with E-state index >= 15 is 0 Å². The summed E-state index contributed by atoms with van der Waals surface area (Å²) in [6.45, 7) is 6.52. The second-order valence-electron chi connectivity index (χ2n) is 5.19. The smallest absolute Gasteiger partial charge is 0.254 e. The molecule has 1 aromatic rings. The maximum Gasteiger partial charge on any atom is 0.254 e. The van der Waals surface area contributed by atoms with Crippen molar-refractivity contribution in [2.24, 2.45) is 0 Å². The van der Waals surface area contributed by atoms with Gasteiger partial charge in [0.05, 0.1) is 12.7 Å². The highest BCUT2D eigenvalue weighted by Crippen LogP contribution is 2.22.